The molecule has 0 atom stereocenters. The quantitative estimate of drug-likeness (QED) is 0.336. The van der Waals surface area contributed by atoms with Gasteiger partial charge in [-0.1, -0.05) is 48.5 Å². The van der Waals surface area contributed by atoms with Gasteiger partial charge in [-0.05, 0) is 35.9 Å². The van der Waals surface area contributed by atoms with Crippen LogP contribution >= 0.6 is 0 Å². The maximum Gasteiger partial charge on any atom is 0.416 e. The summed E-state index contributed by atoms with van der Waals surface area (Å²) in [6, 6.07) is 21.1. The number of alkyl halides is 3. The highest BCUT2D eigenvalue weighted by molar-refractivity contribution is 5.93. The summed E-state index contributed by atoms with van der Waals surface area (Å²) in [6.07, 6.45) is -3.48. The highest BCUT2D eigenvalue weighted by Gasteiger charge is 2.30. The van der Waals surface area contributed by atoms with Crippen LogP contribution in [-0.2, 0) is 22.4 Å². The molecule has 0 aliphatic heterocycles. The Morgan fingerprint density at radius 2 is 1.59 bits per heavy atom. The molecular formula is C25H22F3N3O3. The third-order valence-electron chi connectivity index (χ3n) is 4.60. The van der Waals surface area contributed by atoms with Gasteiger partial charge in [-0.3, -0.25) is 9.59 Å². The minimum atomic E-state index is -4.51. The highest BCUT2D eigenvalue weighted by Crippen LogP contribution is 2.30. The van der Waals surface area contributed by atoms with E-state index in [1.165, 1.54) is 18.3 Å². The molecule has 9 heteroatoms. The number of benzene rings is 3. The molecule has 0 aromatic heterocycles. The van der Waals surface area contributed by atoms with E-state index in [0.29, 0.717) is 17.9 Å². The van der Waals surface area contributed by atoms with Gasteiger partial charge in [0, 0.05) is 24.1 Å². The molecule has 6 nitrogen and oxygen atoms in total. The van der Waals surface area contributed by atoms with E-state index in [-0.39, 0.29) is 18.5 Å². The zero-order valence-corrected chi connectivity index (χ0v) is 18.0. The van der Waals surface area contributed by atoms with Crippen molar-refractivity contribution in [2.75, 3.05) is 5.32 Å². The lowest BCUT2D eigenvalue weighted by Crippen LogP contribution is -2.20. The molecule has 3 aromatic carbocycles. The fourth-order valence-corrected chi connectivity index (χ4v) is 2.91. The Morgan fingerprint density at radius 3 is 2.35 bits per heavy atom. The molecule has 0 fully saturated rings. The maximum atomic E-state index is 12.8. The third kappa shape index (κ3) is 7.77. The molecular weight excluding hydrogens is 447 g/mol. The van der Waals surface area contributed by atoms with Gasteiger partial charge in [0.1, 0.15) is 12.4 Å². The first-order valence-electron chi connectivity index (χ1n) is 10.4. The average molecular weight is 469 g/mol. The van der Waals surface area contributed by atoms with Crippen LogP contribution in [0.1, 0.15) is 29.5 Å². The molecule has 0 saturated carbocycles. The number of carbonyl (C=O) groups is 2. The molecule has 3 aromatic rings. The van der Waals surface area contributed by atoms with Crippen LogP contribution in [0.3, 0.4) is 0 Å². The van der Waals surface area contributed by atoms with Gasteiger partial charge < -0.3 is 10.1 Å². The summed E-state index contributed by atoms with van der Waals surface area (Å²) < 4.78 is 44.1. The van der Waals surface area contributed by atoms with E-state index in [2.05, 4.69) is 15.8 Å². The Kier molecular flexibility index (Phi) is 8.39. The molecule has 176 valence electrons. The van der Waals surface area contributed by atoms with Crippen molar-refractivity contribution in [1.29, 1.82) is 0 Å². The van der Waals surface area contributed by atoms with Gasteiger partial charge >= 0.3 is 6.18 Å². The zero-order chi connectivity index (χ0) is 24.4. The molecule has 0 saturated heterocycles. The number of carbonyl (C=O) groups excluding carboxylic acids is 2. The molecule has 0 heterocycles. The minimum absolute atomic E-state index is 0.00497. The maximum absolute atomic E-state index is 12.8. The lowest BCUT2D eigenvalue weighted by Gasteiger charge is -2.10. The third-order valence-corrected chi connectivity index (χ3v) is 4.60. The van der Waals surface area contributed by atoms with E-state index in [1.807, 2.05) is 36.4 Å². The number of nitrogens with one attached hydrogen (secondary N) is 2. The second-order valence-electron chi connectivity index (χ2n) is 7.23. The Hall–Kier alpha value is -4.14. The van der Waals surface area contributed by atoms with Crippen molar-refractivity contribution >= 4 is 23.7 Å². The van der Waals surface area contributed by atoms with Crippen LogP contribution in [-0.4, -0.2) is 18.0 Å². The second-order valence-corrected chi connectivity index (χ2v) is 7.23. The van der Waals surface area contributed by atoms with Gasteiger partial charge in [0.25, 0.3) is 0 Å². The van der Waals surface area contributed by atoms with Gasteiger partial charge in [-0.25, -0.2) is 5.43 Å². The van der Waals surface area contributed by atoms with Crippen LogP contribution in [0.15, 0.2) is 84.0 Å². The van der Waals surface area contributed by atoms with Crippen molar-refractivity contribution < 1.29 is 27.5 Å². The van der Waals surface area contributed by atoms with Gasteiger partial charge in [-0.2, -0.15) is 18.3 Å². The fourth-order valence-electron chi connectivity index (χ4n) is 2.91. The molecule has 34 heavy (non-hydrogen) atoms. The zero-order valence-electron chi connectivity index (χ0n) is 18.0. The summed E-state index contributed by atoms with van der Waals surface area (Å²) in [7, 11) is 0. The van der Waals surface area contributed by atoms with Crippen LogP contribution in [0.2, 0.25) is 0 Å². The van der Waals surface area contributed by atoms with Crippen LogP contribution in [0, 0.1) is 0 Å². The molecule has 3 rings (SSSR count). The highest BCUT2D eigenvalue weighted by atomic mass is 19.4. The van der Waals surface area contributed by atoms with E-state index < -0.39 is 23.6 Å². The molecule has 0 aliphatic carbocycles. The summed E-state index contributed by atoms with van der Waals surface area (Å²) in [5, 5.41) is 6.25. The monoisotopic (exact) mass is 469 g/mol. The first-order chi connectivity index (χ1) is 16.3. The lowest BCUT2D eigenvalue weighted by atomic mass is 10.2. The van der Waals surface area contributed by atoms with Crippen molar-refractivity contribution in [3.63, 3.8) is 0 Å². The standard InChI is InChI=1S/C25H22F3N3O3/c26-25(27,28)20-10-6-11-21(15-20)30-23(32)13-14-24(33)31-29-16-19-9-4-5-12-22(19)34-17-18-7-2-1-3-8-18/h1-12,15-16H,13-14,17H2,(H,30,32)(H,31,33). The summed E-state index contributed by atoms with van der Waals surface area (Å²) in [4.78, 5) is 24.0. The van der Waals surface area contributed by atoms with Gasteiger partial charge in [0.2, 0.25) is 11.8 Å². The van der Waals surface area contributed by atoms with Crippen LogP contribution in [0.5, 0.6) is 5.75 Å². The number of halogens is 3. The Labute approximate surface area is 194 Å². The van der Waals surface area contributed by atoms with E-state index in [1.54, 1.807) is 18.2 Å². The first kappa shape index (κ1) is 24.5. The first-order valence-corrected chi connectivity index (χ1v) is 10.4. The number of nitrogens with zero attached hydrogens (tertiary/aromatic N) is 1. The Morgan fingerprint density at radius 1 is 0.882 bits per heavy atom. The van der Waals surface area contributed by atoms with Crippen molar-refractivity contribution in [1.82, 2.24) is 5.43 Å². The normalized spacial score (nSPS) is 11.3. The topological polar surface area (TPSA) is 79.8 Å². The van der Waals surface area contributed by atoms with E-state index >= 15 is 0 Å². The van der Waals surface area contributed by atoms with Gasteiger partial charge in [0.05, 0.1) is 11.8 Å². The number of amides is 2. The number of rotatable bonds is 9. The molecule has 0 radical (unpaired) electrons. The van der Waals surface area contributed by atoms with Crippen LogP contribution in [0.25, 0.3) is 0 Å². The fraction of sp³-hybridized carbons (Fsp3) is 0.160. The second kappa shape index (κ2) is 11.6. The average Bonchev–Trinajstić information content (AvgIpc) is 2.82. The summed E-state index contributed by atoms with van der Waals surface area (Å²) >= 11 is 0. The predicted molar refractivity (Wildman–Crippen MR) is 122 cm³/mol. The summed E-state index contributed by atoms with van der Waals surface area (Å²) in [6.45, 7) is 0.374. The molecule has 2 N–H and O–H groups in total. The number of hydrazone groups is 1. The summed E-state index contributed by atoms with van der Waals surface area (Å²) in [5.74, 6) is -0.513. The molecule has 0 aliphatic rings. The van der Waals surface area contributed by atoms with E-state index in [0.717, 1.165) is 17.7 Å². The Bertz CT molecular complexity index is 1150. The predicted octanol–water partition coefficient (Wildman–Crippen LogP) is 5.15. The van der Waals surface area contributed by atoms with E-state index in [9.17, 15) is 22.8 Å². The van der Waals surface area contributed by atoms with Crippen LogP contribution < -0.4 is 15.5 Å². The minimum Gasteiger partial charge on any atom is -0.488 e. The number of hydrogen-bond donors (Lipinski definition) is 2. The van der Waals surface area contributed by atoms with Crippen molar-refractivity contribution in [2.24, 2.45) is 5.10 Å². The van der Waals surface area contributed by atoms with E-state index in [4.69, 9.17) is 4.74 Å². The van der Waals surface area contributed by atoms with Crippen molar-refractivity contribution in [2.45, 2.75) is 25.6 Å². The molecule has 0 bridgehead atoms. The van der Waals surface area contributed by atoms with Gasteiger partial charge in [-0.15, -0.1) is 0 Å². The number of hydrogen-bond acceptors (Lipinski definition) is 4. The largest absolute Gasteiger partial charge is 0.488 e. The smallest absolute Gasteiger partial charge is 0.416 e. The lowest BCUT2D eigenvalue weighted by molar-refractivity contribution is -0.137. The van der Waals surface area contributed by atoms with Crippen LogP contribution in [0.4, 0.5) is 18.9 Å². The SMILES string of the molecule is O=C(CCC(=O)Nc1cccc(C(F)(F)F)c1)NN=Cc1ccccc1OCc1ccccc1. The summed E-state index contributed by atoms with van der Waals surface area (Å²) in [5.41, 5.74) is 3.12. The molecule has 0 unspecified atom stereocenters. The Balaban J connectivity index is 1.46. The van der Waals surface area contributed by atoms with Crippen molar-refractivity contribution in [3.05, 3.63) is 95.6 Å². The van der Waals surface area contributed by atoms with Gasteiger partial charge in [0.15, 0.2) is 0 Å². The number of anilines is 1. The molecule has 2 amide bonds. The molecule has 0 spiro atoms. The number of ether oxygens (including phenoxy) is 1. The number of para-hydroxylation sites is 1. The van der Waals surface area contributed by atoms with Crippen molar-refractivity contribution in [3.8, 4) is 5.75 Å².